The van der Waals surface area contributed by atoms with Crippen LogP contribution in [0, 0.1) is 18.2 Å². The van der Waals surface area contributed by atoms with Gasteiger partial charge in [-0.05, 0) is 70.8 Å². The minimum Gasteiger partial charge on any atom is -0.459 e. The average Bonchev–Trinajstić information content (AvgIpc) is 2.83. The molecule has 4 nitrogen and oxygen atoms in total. The summed E-state index contributed by atoms with van der Waals surface area (Å²) in [6.07, 6.45) is 5.69. The minimum absolute atomic E-state index is 0.106. The summed E-state index contributed by atoms with van der Waals surface area (Å²) in [4.78, 5) is 12.8. The van der Waals surface area contributed by atoms with E-state index in [2.05, 4.69) is 5.92 Å². The van der Waals surface area contributed by atoms with Gasteiger partial charge < -0.3 is 14.0 Å². The molecule has 3 rings (SSSR count). The average molecular weight is 410 g/mol. The van der Waals surface area contributed by atoms with E-state index in [1.165, 1.54) is 6.07 Å². The van der Waals surface area contributed by atoms with Crippen molar-refractivity contribution in [2.45, 2.75) is 71.2 Å². The minimum atomic E-state index is -1.20. The Balaban J connectivity index is 2.20. The number of esters is 1. The highest BCUT2D eigenvalue weighted by molar-refractivity contribution is 6.65. The second-order valence-electron chi connectivity index (χ2n) is 9.63. The zero-order valence-electron chi connectivity index (χ0n) is 18.6. The molecule has 1 heterocycles. The van der Waals surface area contributed by atoms with Crippen molar-refractivity contribution in [1.82, 2.24) is 0 Å². The van der Waals surface area contributed by atoms with Crippen molar-refractivity contribution in [1.29, 1.82) is 0 Å². The molecule has 2 aromatic carbocycles. The van der Waals surface area contributed by atoms with Gasteiger partial charge in [0.1, 0.15) is 17.3 Å². The second kappa shape index (κ2) is 7.41. The van der Waals surface area contributed by atoms with Crippen LogP contribution in [0.1, 0.15) is 59.9 Å². The van der Waals surface area contributed by atoms with Gasteiger partial charge in [-0.25, -0.2) is 4.39 Å². The molecule has 0 saturated carbocycles. The number of rotatable bonds is 3. The Kier molecular flexibility index (Phi) is 5.51. The van der Waals surface area contributed by atoms with Gasteiger partial charge in [0.05, 0.1) is 11.2 Å². The van der Waals surface area contributed by atoms with Gasteiger partial charge in [-0.2, -0.15) is 0 Å². The van der Waals surface area contributed by atoms with Gasteiger partial charge in [0.15, 0.2) is 0 Å². The van der Waals surface area contributed by atoms with E-state index in [-0.39, 0.29) is 5.56 Å². The number of ether oxygens (including phenoxy) is 1. The fourth-order valence-electron chi connectivity index (χ4n) is 3.49. The molecule has 0 spiro atoms. The molecule has 1 saturated heterocycles. The lowest BCUT2D eigenvalue weighted by Crippen LogP contribution is -2.41. The number of halogens is 1. The Morgan fingerprint density at radius 1 is 1.13 bits per heavy atom. The van der Waals surface area contributed by atoms with Crippen LogP contribution in [0.25, 0.3) is 10.8 Å². The van der Waals surface area contributed by atoms with Crippen LogP contribution in [0.4, 0.5) is 4.39 Å². The maximum atomic E-state index is 15.1. The second-order valence-corrected chi connectivity index (χ2v) is 9.63. The molecule has 1 unspecified atom stereocenters. The smallest absolute Gasteiger partial charge is 0.459 e. The number of hydrogen-bond acceptors (Lipinski definition) is 4. The number of benzene rings is 2. The monoisotopic (exact) mass is 410 g/mol. The maximum Gasteiger partial charge on any atom is 0.495 e. The number of fused-ring (bicyclic) bond motifs is 1. The molecule has 30 heavy (non-hydrogen) atoms. The quantitative estimate of drug-likeness (QED) is 0.429. The molecule has 1 aliphatic heterocycles. The van der Waals surface area contributed by atoms with E-state index in [0.717, 1.165) is 5.39 Å². The predicted molar refractivity (Wildman–Crippen MR) is 117 cm³/mol. The normalized spacial score (nSPS) is 18.8. The third kappa shape index (κ3) is 3.97. The van der Waals surface area contributed by atoms with Crippen LogP contribution < -0.4 is 5.46 Å². The van der Waals surface area contributed by atoms with Crippen LogP contribution in [0.15, 0.2) is 30.3 Å². The Hall–Kier alpha value is -2.36. The lowest BCUT2D eigenvalue weighted by atomic mass is 9.73. The molecule has 0 bridgehead atoms. The highest BCUT2D eigenvalue weighted by atomic mass is 19.1. The van der Waals surface area contributed by atoms with E-state index in [0.29, 0.717) is 10.8 Å². The fourth-order valence-corrected chi connectivity index (χ4v) is 3.49. The summed E-state index contributed by atoms with van der Waals surface area (Å²) in [5.41, 5.74) is -1.14. The third-order valence-corrected chi connectivity index (χ3v) is 5.67. The van der Waals surface area contributed by atoms with Gasteiger partial charge >= 0.3 is 13.1 Å². The molecule has 0 radical (unpaired) electrons. The summed E-state index contributed by atoms with van der Waals surface area (Å²) >= 11 is 0. The van der Waals surface area contributed by atoms with Crippen LogP contribution in [-0.2, 0) is 18.8 Å². The largest absolute Gasteiger partial charge is 0.495 e. The molecule has 1 aliphatic rings. The van der Waals surface area contributed by atoms with E-state index in [1.54, 1.807) is 26.8 Å². The molecule has 0 amide bonds. The topological polar surface area (TPSA) is 44.8 Å². The molecular formula is C24H28BFO4. The summed E-state index contributed by atoms with van der Waals surface area (Å²) in [6, 6.07) is 8.49. The maximum absolute atomic E-state index is 15.1. The Labute approximate surface area is 178 Å². The van der Waals surface area contributed by atoms with E-state index < -0.39 is 41.6 Å². The molecule has 158 valence electrons. The first-order valence-electron chi connectivity index (χ1n) is 10.0. The first-order valence-corrected chi connectivity index (χ1v) is 10.0. The lowest BCUT2D eigenvalue weighted by molar-refractivity contribution is -0.155. The Morgan fingerprint density at radius 3 is 2.27 bits per heavy atom. The standard InChI is InChI=1S/C24H28BFO4/c1-9-16(21(27)28-22(2,3)4)20-18(26)14-13-15-11-10-12-17(19(15)20)25-29-23(5,6)24(7,8)30-25/h1,10-14,16H,2-8H3. The predicted octanol–water partition coefficient (Wildman–Crippen LogP) is 4.34. The van der Waals surface area contributed by atoms with Crippen molar-refractivity contribution in [2.24, 2.45) is 0 Å². The number of terminal acetylenes is 1. The van der Waals surface area contributed by atoms with E-state index in [4.69, 9.17) is 20.5 Å². The van der Waals surface area contributed by atoms with Gasteiger partial charge in [-0.1, -0.05) is 30.2 Å². The summed E-state index contributed by atoms with van der Waals surface area (Å²) in [5, 5.41) is 1.26. The highest BCUT2D eigenvalue weighted by Gasteiger charge is 2.52. The molecular weight excluding hydrogens is 382 g/mol. The SMILES string of the molecule is C#CC(C(=O)OC(C)(C)C)c1c(F)ccc2cccc(B3OC(C)(C)C(C)(C)O3)c12. The van der Waals surface area contributed by atoms with Crippen molar-refractivity contribution >= 4 is 29.3 Å². The number of carbonyl (C=O) groups is 1. The Morgan fingerprint density at radius 2 is 1.73 bits per heavy atom. The highest BCUT2D eigenvalue weighted by Crippen LogP contribution is 2.38. The summed E-state index contributed by atoms with van der Waals surface area (Å²) in [6.45, 7) is 13.0. The molecule has 6 heteroatoms. The van der Waals surface area contributed by atoms with Crippen molar-refractivity contribution in [2.75, 3.05) is 0 Å². The summed E-state index contributed by atoms with van der Waals surface area (Å²) < 4.78 is 33.0. The summed E-state index contributed by atoms with van der Waals surface area (Å²) in [7, 11) is -0.726. The van der Waals surface area contributed by atoms with Crippen LogP contribution in [0.5, 0.6) is 0 Å². The van der Waals surface area contributed by atoms with Crippen molar-refractivity contribution < 1.29 is 23.2 Å². The van der Waals surface area contributed by atoms with Gasteiger partial charge in [0.2, 0.25) is 0 Å². The lowest BCUT2D eigenvalue weighted by Gasteiger charge is -2.32. The van der Waals surface area contributed by atoms with Crippen molar-refractivity contribution in [3.05, 3.63) is 41.7 Å². The molecule has 0 aliphatic carbocycles. The fraction of sp³-hybridized carbons (Fsp3) is 0.458. The van der Waals surface area contributed by atoms with Gasteiger partial charge in [-0.15, -0.1) is 6.42 Å². The molecule has 1 fully saturated rings. The van der Waals surface area contributed by atoms with E-state index in [1.807, 2.05) is 45.9 Å². The van der Waals surface area contributed by atoms with Crippen molar-refractivity contribution in [3.63, 3.8) is 0 Å². The van der Waals surface area contributed by atoms with Crippen molar-refractivity contribution in [3.8, 4) is 12.3 Å². The van der Waals surface area contributed by atoms with Gasteiger partial charge in [-0.3, -0.25) is 4.79 Å². The van der Waals surface area contributed by atoms with Crippen LogP contribution in [0.2, 0.25) is 0 Å². The zero-order chi connectivity index (χ0) is 22.5. The van der Waals surface area contributed by atoms with E-state index >= 15 is 4.39 Å². The third-order valence-electron chi connectivity index (χ3n) is 5.67. The molecule has 0 aromatic heterocycles. The zero-order valence-corrected chi connectivity index (χ0v) is 18.6. The summed E-state index contributed by atoms with van der Waals surface area (Å²) in [5.74, 6) is -0.00561. The van der Waals surface area contributed by atoms with Crippen LogP contribution in [-0.4, -0.2) is 29.9 Å². The number of carbonyl (C=O) groups excluding carboxylic acids is 1. The van der Waals surface area contributed by atoms with Crippen LogP contribution >= 0.6 is 0 Å². The first-order chi connectivity index (χ1) is 13.8. The van der Waals surface area contributed by atoms with E-state index in [9.17, 15) is 4.79 Å². The van der Waals surface area contributed by atoms with Gasteiger partial charge in [0.25, 0.3) is 0 Å². The van der Waals surface area contributed by atoms with Crippen LogP contribution in [0.3, 0.4) is 0 Å². The first kappa shape index (κ1) is 22.3. The molecule has 0 N–H and O–H groups in total. The molecule has 1 atom stereocenters. The molecule has 2 aromatic rings. The Bertz CT molecular complexity index is 1010. The number of hydrogen-bond donors (Lipinski definition) is 0. The van der Waals surface area contributed by atoms with Gasteiger partial charge in [0, 0.05) is 5.56 Å².